The number of tetrazole rings is 1. The van der Waals surface area contributed by atoms with E-state index in [1.807, 2.05) is 6.26 Å². The molecule has 1 rings (SSSR count). The predicted molar refractivity (Wildman–Crippen MR) is 42.7 cm³/mol. The third-order valence-electron chi connectivity index (χ3n) is 1.16. The molecule has 1 aromatic rings. The Hall–Kier alpha value is -1.11. The molecular weight excluding hydrogens is 180 g/mol. The summed E-state index contributed by atoms with van der Waals surface area (Å²) in [5.74, 6) is 0.273. The molecule has 0 amide bonds. The van der Waals surface area contributed by atoms with Gasteiger partial charge in [-0.15, -0.1) is 5.10 Å². The Bertz CT molecular complexity index is 274. The molecule has 7 heteroatoms. The molecule has 0 aromatic carbocycles. The van der Waals surface area contributed by atoms with Gasteiger partial charge in [0.2, 0.25) is 0 Å². The lowest BCUT2D eigenvalue weighted by molar-refractivity contribution is -0.137. The van der Waals surface area contributed by atoms with Crippen molar-refractivity contribution in [2.24, 2.45) is 0 Å². The van der Waals surface area contributed by atoms with Crippen LogP contribution < -0.4 is 0 Å². The van der Waals surface area contributed by atoms with Crippen molar-refractivity contribution >= 4 is 17.7 Å². The molecule has 0 bridgehead atoms. The standard InChI is InChI=1S/C5H8N4O2S/c1-12-3-4-6-7-8-9(4)2-5(10)11/h2-3H2,1H3,(H,10,11). The van der Waals surface area contributed by atoms with Gasteiger partial charge in [0.25, 0.3) is 0 Å². The van der Waals surface area contributed by atoms with E-state index < -0.39 is 5.97 Å². The highest BCUT2D eigenvalue weighted by Crippen LogP contribution is 2.03. The topological polar surface area (TPSA) is 80.9 Å². The lowest BCUT2D eigenvalue weighted by atomic mass is 10.6. The molecule has 0 aliphatic carbocycles. The van der Waals surface area contributed by atoms with Crippen molar-refractivity contribution in [2.75, 3.05) is 6.26 Å². The van der Waals surface area contributed by atoms with Gasteiger partial charge in [0.15, 0.2) is 5.82 Å². The normalized spacial score (nSPS) is 10.1. The molecule has 0 saturated carbocycles. The van der Waals surface area contributed by atoms with Crippen LogP contribution in [0.15, 0.2) is 0 Å². The number of aliphatic carboxylic acids is 1. The molecule has 1 heterocycles. The first-order valence-electron chi connectivity index (χ1n) is 3.20. The maximum atomic E-state index is 10.3. The molecule has 66 valence electrons. The summed E-state index contributed by atoms with van der Waals surface area (Å²) >= 11 is 1.54. The Morgan fingerprint density at radius 3 is 3.08 bits per heavy atom. The van der Waals surface area contributed by atoms with Crippen molar-refractivity contribution in [3.05, 3.63) is 5.82 Å². The van der Waals surface area contributed by atoms with Crippen LogP contribution in [-0.2, 0) is 17.1 Å². The Labute approximate surface area is 73.0 Å². The quantitative estimate of drug-likeness (QED) is 0.693. The van der Waals surface area contributed by atoms with Crippen LogP contribution in [0.1, 0.15) is 5.82 Å². The third-order valence-corrected chi connectivity index (χ3v) is 1.71. The second-order valence-electron chi connectivity index (χ2n) is 2.08. The molecule has 0 saturated heterocycles. The first-order chi connectivity index (χ1) is 5.74. The largest absolute Gasteiger partial charge is 0.480 e. The highest BCUT2D eigenvalue weighted by atomic mass is 32.2. The van der Waals surface area contributed by atoms with Gasteiger partial charge in [-0.05, 0) is 16.7 Å². The SMILES string of the molecule is CSCc1nnnn1CC(=O)O. The number of carboxylic acids is 1. The van der Waals surface area contributed by atoms with Crippen LogP contribution in [0.2, 0.25) is 0 Å². The second kappa shape index (κ2) is 4.05. The molecule has 6 nitrogen and oxygen atoms in total. The minimum atomic E-state index is -0.940. The number of hydrogen-bond donors (Lipinski definition) is 1. The Morgan fingerprint density at radius 2 is 2.50 bits per heavy atom. The van der Waals surface area contributed by atoms with Crippen LogP contribution in [0.4, 0.5) is 0 Å². The highest BCUT2D eigenvalue weighted by Gasteiger charge is 2.07. The van der Waals surface area contributed by atoms with E-state index in [0.29, 0.717) is 11.6 Å². The lowest BCUT2D eigenvalue weighted by Gasteiger charge is -1.97. The lowest BCUT2D eigenvalue weighted by Crippen LogP contribution is -2.12. The zero-order valence-electron chi connectivity index (χ0n) is 6.47. The second-order valence-corrected chi connectivity index (χ2v) is 2.95. The summed E-state index contributed by atoms with van der Waals surface area (Å²) in [7, 11) is 0. The zero-order chi connectivity index (χ0) is 8.97. The molecule has 0 atom stereocenters. The first-order valence-corrected chi connectivity index (χ1v) is 4.59. The van der Waals surface area contributed by atoms with E-state index in [1.54, 1.807) is 11.8 Å². The predicted octanol–water partition coefficient (Wildman–Crippen LogP) is -0.379. The average Bonchev–Trinajstić information content (AvgIpc) is 2.37. The monoisotopic (exact) mass is 188 g/mol. The van der Waals surface area contributed by atoms with E-state index in [1.165, 1.54) is 4.68 Å². The van der Waals surface area contributed by atoms with Crippen molar-refractivity contribution in [3.63, 3.8) is 0 Å². The molecule has 0 radical (unpaired) electrons. The number of hydrogen-bond acceptors (Lipinski definition) is 5. The Morgan fingerprint density at radius 1 is 1.75 bits per heavy atom. The van der Waals surface area contributed by atoms with E-state index in [4.69, 9.17) is 5.11 Å². The maximum absolute atomic E-state index is 10.3. The van der Waals surface area contributed by atoms with E-state index in [9.17, 15) is 4.79 Å². The average molecular weight is 188 g/mol. The van der Waals surface area contributed by atoms with Crippen molar-refractivity contribution in [2.45, 2.75) is 12.3 Å². The van der Waals surface area contributed by atoms with Gasteiger partial charge in [-0.25, -0.2) is 4.68 Å². The fraction of sp³-hybridized carbons (Fsp3) is 0.600. The smallest absolute Gasteiger partial charge is 0.325 e. The fourth-order valence-corrected chi connectivity index (χ4v) is 1.17. The van der Waals surface area contributed by atoms with Gasteiger partial charge in [0, 0.05) is 0 Å². The molecule has 0 spiro atoms. The number of carboxylic acid groups (broad SMARTS) is 1. The van der Waals surface area contributed by atoms with E-state index in [-0.39, 0.29) is 6.54 Å². The van der Waals surface area contributed by atoms with Gasteiger partial charge in [-0.3, -0.25) is 4.79 Å². The van der Waals surface area contributed by atoms with E-state index in [2.05, 4.69) is 15.5 Å². The van der Waals surface area contributed by atoms with E-state index >= 15 is 0 Å². The molecular formula is C5H8N4O2S. The minimum Gasteiger partial charge on any atom is -0.480 e. The van der Waals surface area contributed by atoms with Gasteiger partial charge in [-0.2, -0.15) is 11.8 Å². The van der Waals surface area contributed by atoms with Gasteiger partial charge < -0.3 is 5.11 Å². The highest BCUT2D eigenvalue weighted by molar-refractivity contribution is 7.97. The summed E-state index contributed by atoms with van der Waals surface area (Å²) in [5, 5.41) is 19.0. The summed E-state index contributed by atoms with van der Waals surface area (Å²) in [6, 6.07) is 0. The number of aromatic nitrogens is 4. The summed E-state index contributed by atoms with van der Waals surface area (Å²) in [5.41, 5.74) is 0. The number of thioether (sulfide) groups is 1. The Kier molecular flexibility index (Phi) is 3.03. The van der Waals surface area contributed by atoms with Crippen LogP contribution in [-0.4, -0.2) is 37.5 Å². The summed E-state index contributed by atoms with van der Waals surface area (Å²) in [6.07, 6.45) is 1.90. The van der Waals surface area contributed by atoms with Crippen LogP contribution in [0.25, 0.3) is 0 Å². The van der Waals surface area contributed by atoms with Crippen LogP contribution in [0.3, 0.4) is 0 Å². The van der Waals surface area contributed by atoms with Gasteiger partial charge in [0.1, 0.15) is 6.54 Å². The van der Waals surface area contributed by atoms with Crippen molar-refractivity contribution in [1.29, 1.82) is 0 Å². The third kappa shape index (κ3) is 2.19. The van der Waals surface area contributed by atoms with Crippen molar-refractivity contribution in [3.8, 4) is 0 Å². The molecule has 0 aliphatic heterocycles. The molecule has 0 fully saturated rings. The zero-order valence-corrected chi connectivity index (χ0v) is 7.28. The van der Waals surface area contributed by atoms with Gasteiger partial charge >= 0.3 is 5.97 Å². The summed E-state index contributed by atoms with van der Waals surface area (Å²) < 4.78 is 1.28. The molecule has 12 heavy (non-hydrogen) atoms. The van der Waals surface area contributed by atoms with E-state index in [0.717, 1.165) is 0 Å². The fourth-order valence-electron chi connectivity index (χ4n) is 0.707. The number of rotatable bonds is 4. The minimum absolute atomic E-state index is 0.178. The molecule has 0 aliphatic rings. The van der Waals surface area contributed by atoms with Crippen molar-refractivity contribution in [1.82, 2.24) is 20.2 Å². The Balaban J connectivity index is 2.69. The summed E-state index contributed by atoms with van der Waals surface area (Å²) in [6.45, 7) is -0.178. The molecule has 0 unspecified atom stereocenters. The number of nitrogens with zero attached hydrogens (tertiary/aromatic N) is 4. The molecule has 1 N–H and O–H groups in total. The van der Waals surface area contributed by atoms with Gasteiger partial charge in [-0.1, -0.05) is 0 Å². The van der Waals surface area contributed by atoms with Gasteiger partial charge in [0.05, 0.1) is 5.75 Å². The van der Waals surface area contributed by atoms with Crippen molar-refractivity contribution < 1.29 is 9.90 Å². The van der Waals surface area contributed by atoms with Crippen LogP contribution in [0.5, 0.6) is 0 Å². The van der Waals surface area contributed by atoms with Crippen LogP contribution in [0, 0.1) is 0 Å². The first kappa shape index (κ1) is 8.98. The van der Waals surface area contributed by atoms with Crippen LogP contribution >= 0.6 is 11.8 Å². The maximum Gasteiger partial charge on any atom is 0.325 e. The summed E-state index contributed by atoms with van der Waals surface area (Å²) in [4.78, 5) is 10.3. The molecule has 1 aromatic heterocycles. The number of carbonyl (C=O) groups is 1.